The first-order valence-corrected chi connectivity index (χ1v) is 6.99. The van der Waals surface area contributed by atoms with Crippen molar-refractivity contribution in [1.82, 2.24) is 5.32 Å². The third kappa shape index (κ3) is 3.65. The minimum atomic E-state index is -1.18. The van der Waals surface area contributed by atoms with Crippen LogP contribution in [-0.2, 0) is 9.59 Å². The van der Waals surface area contributed by atoms with Gasteiger partial charge in [0.1, 0.15) is 5.54 Å². The smallest absolute Gasteiger partial charge is 0.329 e. The summed E-state index contributed by atoms with van der Waals surface area (Å²) >= 11 is 0. The Kier molecular flexibility index (Phi) is 4.67. The van der Waals surface area contributed by atoms with E-state index in [2.05, 4.69) is 5.32 Å². The molecule has 21 heavy (non-hydrogen) atoms. The summed E-state index contributed by atoms with van der Waals surface area (Å²) in [6.07, 6.45) is 3.43. The number of phenolic OH excluding ortho intramolecular Hbond substituents is 1. The number of phenols is 1. The van der Waals surface area contributed by atoms with Crippen molar-refractivity contribution >= 4 is 11.9 Å². The zero-order valence-corrected chi connectivity index (χ0v) is 11.7. The Morgan fingerprint density at radius 3 is 2.48 bits per heavy atom. The van der Waals surface area contributed by atoms with E-state index in [-0.39, 0.29) is 18.1 Å². The normalized spacial score (nSPS) is 17.0. The largest absolute Gasteiger partial charge is 0.504 e. The molecule has 0 spiro atoms. The molecule has 3 N–H and O–H groups in total. The molecule has 0 atom stereocenters. The summed E-state index contributed by atoms with van der Waals surface area (Å²) in [6.45, 7) is -0.327. The van der Waals surface area contributed by atoms with E-state index in [1.165, 1.54) is 12.1 Å². The van der Waals surface area contributed by atoms with Gasteiger partial charge in [0.2, 0.25) is 0 Å². The second-order valence-corrected chi connectivity index (χ2v) is 5.25. The molecule has 0 aromatic heterocycles. The lowest BCUT2D eigenvalue weighted by atomic mass is 9.81. The number of hydrogen-bond donors (Lipinski definition) is 3. The van der Waals surface area contributed by atoms with Crippen LogP contribution < -0.4 is 10.1 Å². The maximum absolute atomic E-state index is 11.9. The maximum atomic E-state index is 11.9. The van der Waals surface area contributed by atoms with E-state index >= 15 is 0 Å². The monoisotopic (exact) mass is 293 g/mol. The summed E-state index contributed by atoms with van der Waals surface area (Å²) in [7, 11) is 0. The average molecular weight is 293 g/mol. The van der Waals surface area contributed by atoms with Crippen LogP contribution >= 0.6 is 0 Å². The Morgan fingerprint density at radius 1 is 1.19 bits per heavy atom. The van der Waals surface area contributed by atoms with Crippen LogP contribution in [0.4, 0.5) is 0 Å². The van der Waals surface area contributed by atoms with E-state index in [1.54, 1.807) is 12.1 Å². The highest BCUT2D eigenvalue weighted by atomic mass is 16.5. The van der Waals surface area contributed by atoms with E-state index in [0.29, 0.717) is 12.8 Å². The lowest BCUT2D eigenvalue weighted by Gasteiger charge is -2.33. The van der Waals surface area contributed by atoms with Gasteiger partial charge < -0.3 is 20.3 Å². The van der Waals surface area contributed by atoms with Crippen molar-refractivity contribution in [2.75, 3.05) is 6.61 Å². The predicted octanol–water partition coefficient (Wildman–Crippen LogP) is 1.67. The van der Waals surface area contributed by atoms with E-state index in [4.69, 9.17) is 4.74 Å². The third-order valence-corrected chi connectivity index (χ3v) is 3.72. The van der Waals surface area contributed by atoms with Gasteiger partial charge in [-0.1, -0.05) is 31.4 Å². The van der Waals surface area contributed by atoms with Crippen LogP contribution in [0, 0.1) is 0 Å². The number of nitrogens with one attached hydrogen (secondary N) is 1. The van der Waals surface area contributed by atoms with Crippen molar-refractivity contribution in [3.05, 3.63) is 24.3 Å². The van der Waals surface area contributed by atoms with E-state index in [9.17, 15) is 19.8 Å². The second kappa shape index (κ2) is 6.47. The zero-order chi connectivity index (χ0) is 15.3. The van der Waals surface area contributed by atoms with Gasteiger partial charge in [-0.15, -0.1) is 0 Å². The third-order valence-electron chi connectivity index (χ3n) is 3.72. The second-order valence-electron chi connectivity index (χ2n) is 5.25. The molecular weight excluding hydrogens is 274 g/mol. The molecule has 0 heterocycles. The zero-order valence-electron chi connectivity index (χ0n) is 11.7. The van der Waals surface area contributed by atoms with Crippen molar-refractivity contribution in [1.29, 1.82) is 0 Å². The number of carboxylic acid groups (broad SMARTS) is 1. The molecule has 114 valence electrons. The average Bonchev–Trinajstić information content (AvgIpc) is 2.47. The molecule has 0 aliphatic heterocycles. The number of carboxylic acids is 1. The fourth-order valence-corrected chi connectivity index (χ4v) is 2.57. The molecule has 1 fully saturated rings. The Bertz CT molecular complexity index is 523. The van der Waals surface area contributed by atoms with Gasteiger partial charge in [0.05, 0.1) is 0 Å². The van der Waals surface area contributed by atoms with Crippen molar-refractivity contribution in [2.24, 2.45) is 0 Å². The van der Waals surface area contributed by atoms with Crippen LogP contribution in [0.5, 0.6) is 11.5 Å². The van der Waals surface area contributed by atoms with E-state index in [1.807, 2.05) is 0 Å². The van der Waals surface area contributed by atoms with E-state index < -0.39 is 17.4 Å². The number of para-hydroxylation sites is 2. The Hall–Kier alpha value is -2.24. The highest BCUT2D eigenvalue weighted by molar-refractivity contribution is 5.87. The van der Waals surface area contributed by atoms with Crippen molar-refractivity contribution in [2.45, 2.75) is 37.6 Å². The first-order chi connectivity index (χ1) is 10.0. The van der Waals surface area contributed by atoms with Crippen LogP contribution in [0.25, 0.3) is 0 Å². The van der Waals surface area contributed by atoms with Gasteiger partial charge >= 0.3 is 5.97 Å². The number of benzene rings is 1. The summed E-state index contributed by atoms with van der Waals surface area (Å²) < 4.78 is 5.21. The van der Waals surface area contributed by atoms with Gasteiger partial charge in [-0.25, -0.2) is 4.79 Å². The van der Waals surface area contributed by atoms with Gasteiger partial charge in [-0.3, -0.25) is 4.79 Å². The van der Waals surface area contributed by atoms with Crippen molar-refractivity contribution in [3.8, 4) is 11.5 Å². The van der Waals surface area contributed by atoms with Gasteiger partial charge in [0.25, 0.3) is 5.91 Å². The van der Waals surface area contributed by atoms with Gasteiger partial charge in [-0.05, 0) is 25.0 Å². The first-order valence-electron chi connectivity index (χ1n) is 6.99. The van der Waals surface area contributed by atoms with Gasteiger partial charge in [0, 0.05) is 0 Å². The summed E-state index contributed by atoms with van der Waals surface area (Å²) in [5.74, 6) is -1.36. The summed E-state index contributed by atoms with van der Waals surface area (Å²) in [4.78, 5) is 23.4. The Labute approximate surface area is 122 Å². The minimum Gasteiger partial charge on any atom is -0.504 e. The summed E-state index contributed by atoms with van der Waals surface area (Å²) in [5, 5.41) is 21.5. The molecule has 6 heteroatoms. The topological polar surface area (TPSA) is 95.9 Å². The molecule has 0 radical (unpaired) electrons. The van der Waals surface area contributed by atoms with Crippen LogP contribution in [0.3, 0.4) is 0 Å². The lowest BCUT2D eigenvalue weighted by molar-refractivity contribution is -0.149. The number of carbonyl (C=O) groups excluding carboxylic acids is 1. The van der Waals surface area contributed by atoms with Crippen LogP contribution in [0.15, 0.2) is 24.3 Å². The van der Waals surface area contributed by atoms with Gasteiger partial charge in [-0.2, -0.15) is 0 Å². The maximum Gasteiger partial charge on any atom is 0.329 e. The van der Waals surface area contributed by atoms with Crippen LogP contribution in [0.1, 0.15) is 32.1 Å². The number of hydrogen-bond acceptors (Lipinski definition) is 4. The fraction of sp³-hybridized carbons (Fsp3) is 0.467. The molecule has 1 aliphatic carbocycles. The summed E-state index contributed by atoms with van der Waals surface area (Å²) in [5.41, 5.74) is -1.18. The molecule has 0 bridgehead atoms. The highest BCUT2D eigenvalue weighted by Crippen LogP contribution is 2.29. The molecule has 1 aromatic carbocycles. The first kappa shape index (κ1) is 15.2. The molecule has 2 rings (SSSR count). The van der Waals surface area contributed by atoms with Crippen molar-refractivity contribution in [3.63, 3.8) is 0 Å². The van der Waals surface area contributed by atoms with Crippen molar-refractivity contribution < 1.29 is 24.5 Å². The fourth-order valence-electron chi connectivity index (χ4n) is 2.57. The quantitative estimate of drug-likeness (QED) is 0.767. The standard InChI is InChI=1S/C15H19NO5/c17-11-6-2-3-7-12(11)21-10-13(18)16-15(14(19)20)8-4-1-5-9-15/h2-3,6-7,17H,1,4-5,8-10H2,(H,16,18)(H,19,20). The van der Waals surface area contributed by atoms with Crippen LogP contribution in [-0.4, -0.2) is 34.2 Å². The summed E-state index contributed by atoms with van der Waals surface area (Å²) in [6, 6.07) is 6.31. The van der Waals surface area contributed by atoms with Crippen LogP contribution in [0.2, 0.25) is 0 Å². The minimum absolute atomic E-state index is 0.0593. The molecule has 1 saturated carbocycles. The SMILES string of the molecule is O=C(COc1ccccc1O)NC1(C(=O)O)CCCCC1. The lowest BCUT2D eigenvalue weighted by Crippen LogP contribution is -2.56. The molecule has 6 nitrogen and oxygen atoms in total. The number of carbonyl (C=O) groups is 2. The molecular formula is C15H19NO5. The number of rotatable bonds is 5. The molecule has 1 aliphatic rings. The number of aliphatic carboxylic acids is 1. The Morgan fingerprint density at radius 2 is 1.86 bits per heavy atom. The predicted molar refractivity (Wildman–Crippen MR) is 75.2 cm³/mol. The number of aromatic hydroxyl groups is 1. The molecule has 0 saturated heterocycles. The Balaban J connectivity index is 1.94. The number of ether oxygens (including phenoxy) is 1. The molecule has 1 amide bonds. The molecule has 1 aromatic rings. The molecule has 0 unspecified atom stereocenters. The van der Waals surface area contributed by atoms with Gasteiger partial charge in [0.15, 0.2) is 18.1 Å². The van der Waals surface area contributed by atoms with E-state index in [0.717, 1.165) is 19.3 Å². The number of amides is 1. The highest BCUT2D eigenvalue weighted by Gasteiger charge is 2.40.